The Morgan fingerprint density at radius 3 is 2.90 bits per heavy atom. The number of hydrogen-bond acceptors (Lipinski definition) is 3. The number of β-amino-alcohol motifs (C(OH)–C–C–N with tert-alkyl or cyclic N) is 1. The van der Waals surface area contributed by atoms with Crippen molar-refractivity contribution in [2.45, 2.75) is 13.0 Å². The maximum atomic E-state index is 12.5. The highest BCUT2D eigenvalue weighted by molar-refractivity contribution is 6.01. The van der Waals surface area contributed by atoms with E-state index < -0.39 is 6.04 Å². The molecule has 0 fully saturated rings. The summed E-state index contributed by atoms with van der Waals surface area (Å²) in [6, 6.07) is 6.99. The van der Waals surface area contributed by atoms with Crippen LogP contribution in [0.25, 0.3) is 0 Å². The molecule has 3 amide bonds. The molecule has 3 N–H and O–H groups in total. The number of nitrogens with zero attached hydrogens (tertiary/aromatic N) is 1. The molecular formula is C15H17N3O3. The van der Waals surface area contributed by atoms with Crippen molar-refractivity contribution in [2.75, 3.05) is 19.7 Å². The van der Waals surface area contributed by atoms with E-state index in [1.807, 2.05) is 31.2 Å². The largest absolute Gasteiger partial charge is 0.395 e. The van der Waals surface area contributed by atoms with Crippen molar-refractivity contribution in [3.8, 4) is 0 Å². The van der Waals surface area contributed by atoms with Gasteiger partial charge in [-0.15, -0.1) is 0 Å². The summed E-state index contributed by atoms with van der Waals surface area (Å²) < 4.78 is 0. The molecule has 3 rings (SSSR count). The normalized spacial score (nSPS) is 21.2. The molecule has 110 valence electrons. The average molecular weight is 287 g/mol. The summed E-state index contributed by atoms with van der Waals surface area (Å²) in [6.45, 7) is 2.48. The van der Waals surface area contributed by atoms with Crippen LogP contribution in [0.15, 0.2) is 35.5 Å². The van der Waals surface area contributed by atoms with E-state index in [9.17, 15) is 9.59 Å². The third-order valence-corrected chi connectivity index (χ3v) is 3.77. The Morgan fingerprint density at radius 1 is 1.38 bits per heavy atom. The molecule has 0 saturated carbocycles. The first-order valence-electron chi connectivity index (χ1n) is 6.87. The maximum Gasteiger partial charge on any atom is 0.319 e. The Balaban J connectivity index is 1.99. The first kappa shape index (κ1) is 13.6. The molecule has 1 aromatic rings. The molecule has 2 aliphatic heterocycles. The minimum Gasteiger partial charge on any atom is -0.395 e. The second-order valence-electron chi connectivity index (χ2n) is 5.29. The van der Waals surface area contributed by atoms with Crippen molar-refractivity contribution in [1.82, 2.24) is 15.5 Å². The average Bonchev–Trinajstić information content (AvgIpc) is 2.75. The number of benzene rings is 1. The monoisotopic (exact) mass is 287 g/mol. The first-order chi connectivity index (χ1) is 10.1. The fourth-order valence-corrected chi connectivity index (χ4v) is 2.83. The highest BCUT2D eigenvalue weighted by Crippen LogP contribution is 2.32. The lowest BCUT2D eigenvalue weighted by Crippen LogP contribution is -2.44. The summed E-state index contributed by atoms with van der Waals surface area (Å²) in [6.07, 6.45) is 0. The molecular weight excluding hydrogens is 270 g/mol. The lowest BCUT2D eigenvalue weighted by atomic mass is 9.95. The molecule has 0 bridgehead atoms. The van der Waals surface area contributed by atoms with Crippen molar-refractivity contribution in [2.24, 2.45) is 0 Å². The summed E-state index contributed by atoms with van der Waals surface area (Å²) >= 11 is 0. The minimum atomic E-state index is -0.440. The number of amides is 3. The van der Waals surface area contributed by atoms with E-state index in [1.165, 1.54) is 0 Å². The lowest BCUT2D eigenvalue weighted by Gasteiger charge is -2.25. The summed E-state index contributed by atoms with van der Waals surface area (Å²) in [5.74, 6) is -0.141. The number of hydrogen-bond donors (Lipinski definition) is 3. The molecule has 6 nitrogen and oxygen atoms in total. The zero-order valence-electron chi connectivity index (χ0n) is 11.7. The number of aliphatic hydroxyl groups excluding tert-OH is 1. The van der Waals surface area contributed by atoms with Gasteiger partial charge in [0, 0.05) is 6.54 Å². The third-order valence-electron chi connectivity index (χ3n) is 3.77. The molecule has 0 aromatic heterocycles. The molecule has 21 heavy (non-hydrogen) atoms. The summed E-state index contributed by atoms with van der Waals surface area (Å²) in [5, 5.41) is 14.5. The zero-order valence-corrected chi connectivity index (χ0v) is 11.7. The van der Waals surface area contributed by atoms with E-state index in [1.54, 1.807) is 4.90 Å². The molecule has 0 radical (unpaired) electrons. The minimum absolute atomic E-state index is 0.0945. The van der Waals surface area contributed by atoms with E-state index in [-0.39, 0.29) is 25.1 Å². The van der Waals surface area contributed by atoms with Crippen molar-refractivity contribution in [1.29, 1.82) is 0 Å². The molecule has 1 atom stereocenters. The molecule has 2 heterocycles. The summed E-state index contributed by atoms with van der Waals surface area (Å²) in [7, 11) is 0. The quantitative estimate of drug-likeness (QED) is 0.754. The van der Waals surface area contributed by atoms with Crippen LogP contribution >= 0.6 is 0 Å². The summed E-state index contributed by atoms with van der Waals surface area (Å²) in [5.41, 5.74) is 3.15. The Morgan fingerprint density at radius 2 is 2.19 bits per heavy atom. The zero-order chi connectivity index (χ0) is 15.0. The first-order valence-corrected chi connectivity index (χ1v) is 6.87. The number of nitrogens with one attached hydrogen (secondary N) is 2. The van der Waals surface area contributed by atoms with Gasteiger partial charge in [-0.25, -0.2) is 4.79 Å². The van der Waals surface area contributed by atoms with Gasteiger partial charge in [-0.2, -0.15) is 0 Å². The van der Waals surface area contributed by atoms with E-state index in [4.69, 9.17) is 5.11 Å². The molecule has 0 spiro atoms. The van der Waals surface area contributed by atoms with E-state index in [0.717, 1.165) is 11.1 Å². The maximum absolute atomic E-state index is 12.5. The van der Waals surface area contributed by atoms with Gasteiger partial charge >= 0.3 is 6.03 Å². The van der Waals surface area contributed by atoms with Crippen LogP contribution in [0.1, 0.15) is 17.2 Å². The van der Waals surface area contributed by atoms with Gasteiger partial charge in [-0.05, 0) is 12.5 Å². The van der Waals surface area contributed by atoms with Crippen LogP contribution in [0, 0.1) is 6.92 Å². The number of carbonyl (C=O) groups excluding carboxylic acids is 2. The van der Waals surface area contributed by atoms with Crippen LogP contribution in [0.4, 0.5) is 4.79 Å². The van der Waals surface area contributed by atoms with Crippen molar-refractivity contribution in [3.05, 3.63) is 46.7 Å². The van der Waals surface area contributed by atoms with Gasteiger partial charge in [-0.3, -0.25) is 4.79 Å². The van der Waals surface area contributed by atoms with Crippen molar-refractivity contribution in [3.63, 3.8) is 0 Å². The Kier molecular flexibility index (Phi) is 3.39. The number of rotatable bonds is 3. The number of aryl methyl sites for hydroxylation is 1. The number of aliphatic hydroxyl groups is 1. The van der Waals surface area contributed by atoms with E-state index in [0.29, 0.717) is 17.8 Å². The summed E-state index contributed by atoms with van der Waals surface area (Å²) in [4.78, 5) is 25.8. The molecule has 0 saturated heterocycles. The SMILES string of the molecule is Cc1cccc([C@H]2NC(=O)NC3=C2C(=O)N(CCO)C3)c1. The van der Waals surface area contributed by atoms with Crippen LogP contribution in [-0.4, -0.2) is 41.6 Å². The number of carbonyl (C=O) groups is 2. The highest BCUT2D eigenvalue weighted by Gasteiger charge is 2.39. The van der Waals surface area contributed by atoms with Crippen molar-refractivity contribution < 1.29 is 14.7 Å². The topological polar surface area (TPSA) is 81.7 Å². The highest BCUT2D eigenvalue weighted by atomic mass is 16.3. The second kappa shape index (κ2) is 5.21. The Bertz CT molecular complexity index is 639. The smallest absolute Gasteiger partial charge is 0.319 e. The van der Waals surface area contributed by atoms with Gasteiger partial charge in [-0.1, -0.05) is 29.8 Å². The van der Waals surface area contributed by atoms with E-state index >= 15 is 0 Å². The Hall–Kier alpha value is -2.34. The molecule has 0 unspecified atom stereocenters. The van der Waals surface area contributed by atoms with Crippen LogP contribution in [0.2, 0.25) is 0 Å². The predicted octanol–water partition coefficient (Wildman–Crippen LogP) is 0.438. The van der Waals surface area contributed by atoms with Gasteiger partial charge in [0.05, 0.1) is 30.5 Å². The lowest BCUT2D eigenvalue weighted by molar-refractivity contribution is -0.126. The predicted molar refractivity (Wildman–Crippen MR) is 76.3 cm³/mol. The van der Waals surface area contributed by atoms with Crippen molar-refractivity contribution >= 4 is 11.9 Å². The third kappa shape index (κ3) is 2.38. The van der Waals surface area contributed by atoms with Crippen LogP contribution in [0.5, 0.6) is 0 Å². The van der Waals surface area contributed by atoms with Gasteiger partial charge in [0.2, 0.25) is 0 Å². The standard InChI is InChI=1S/C15H17N3O3/c1-9-3-2-4-10(7-9)13-12-11(16-15(21)17-13)8-18(5-6-19)14(12)20/h2-4,7,13,19H,5-6,8H2,1H3,(H2,16,17,21)/t13-/m1/s1. The van der Waals surface area contributed by atoms with Gasteiger partial charge in [0.25, 0.3) is 5.91 Å². The van der Waals surface area contributed by atoms with Gasteiger partial charge in [0.15, 0.2) is 0 Å². The fourth-order valence-electron chi connectivity index (χ4n) is 2.83. The Labute approximate surface area is 122 Å². The van der Waals surface area contributed by atoms with Crippen LogP contribution in [0.3, 0.4) is 0 Å². The number of urea groups is 1. The molecule has 2 aliphatic rings. The van der Waals surface area contributed by atoms with Gasteiger partial charge in [0.1, 0.15) is 0 Å². The molecule has 6 heteroatoms. The van der Waals surface area contributed by atoms with E-state index in [2.05, 4.69) is 10.6 Å². The molecule has 0 aliphatic carbocycles. The van der Waals surface area contributed by atoms with Crippen LogP contribution < -0.4 is 10.6 Å². The molecule has 1 aromatic carbocycles. The second-order valence-corrected chi connectivity index (χ2v) is 5.29. The fraction of sp³-hybridized carbons (Fsp3) is 0.333. The van der Waals surface area contributed by atoms with Crippen LogP contribution in [-0.2, 0) is 4.79 Å². The van der Waals surface area contributed by atoms with Gasteiger partial charge < -0.3 is 20.6 Å².